The van der Waals surface area contributed by atoms with E-state index in [1.54, 1.807) is 6.26 Å². The summed E-state index contributed by atoms with van der Waals surface area (Å²) >= 11 is 0. The highest BCUT2D eigenvalue weighted by Gasteiger charge is 2.19. The molecule has 4 heteroatoms. The Morgan fingerprint density at radius 3 is 3.19 bits per heavy atom. The molecule has 1 saturated heterocycles. The number of carbonyl (C=O) groups is 1. The minimum atomic E-state index is 0.00495. The summed E-state index contributed by atoms with van der Waals surface area (Å²) in [4.78, 5) is 11.7. The van der Waals surface area contributed by atoms with Gasteiger partial charge in [-0.1, -0.05) is 6.42 Å². The fourth-order valence-electron chi connectivity index (χ4n) is 1.96. The summed E-state index contributed by atoms with van der Waals surface area (Å²) in [5.74, 6) is 1.03. The number of hydrogen-bond acceptors (Lipinski definition) is 3. The zero-order valence-corrected chi connectivity index (χ0v) is 9.37. The number of carbonyl (C=O) groups excluding carboxylic acids is 1. The summed E-state index contributed by atoms with van der Waals surface area (Å²) < 4.78 is 5.19. The molecule has 88 valence electrons. The third-order valence-corrected chi connectivity index (χ3v) is 2.88. The van der Waals surface area contributed by atoms with Crippen molar-refractivity contribution in [2.75, 3.05) is 13.1 Å². The van der Waals surface area contributed by atoms with Gasteiger partial charge in [0.05, 0.1) is 12.3 Å². The minimum absolute atomic E-state index is 0.00495. The highest BCUT2D eigenvalue weighted by molar-refractivity contribution is 5.81. The quantitative estimate of drug-likeness (QED) is 0.801. The van der Waals surface area contributed by atoms with Crippen molar-refractivity contribution in [2.24, 2.45) is 0 Å². The Bertz CT molecular complexity index is 316. The number of hydrogen-bond donors (Lipinski definition) is 2. The highest BCUT2D eigenvalue weighted by Crippen LogP contribution is 2.06. The third-order valence-electron chi connectivity index (χ3n) is 2.88. The molecule has 1 aliphatic rings. The average Bonchev–Trinajstić information content (AvgIpc) is 2.83. The van der Waals surface area contributed by atoms with Crippen LogP contribution in [0, 0.1) is 0 Å². The van der Waals surface area contributed by atoms with Crippen LogP contribution in [0.25, 0.3) is 0 Å². The van der Waals surface area contributed by atoms with Gasteiger partial charge < -0.3 is 15.1 Å². The average molecular weight is 222 g/mol. The summed E-state index contributed by atoms with van der Waals surface area (Å²) in [5.41, 5.74) is 0. The van der Waals surface area contributed by atoms with E-state index < -0.39 is 0 Å². The largest absolute Gasteiger partial charge is 0.469 e. The van der Waals surface area contributed by atoms with Crippen molar-refractivity contribution in [3.63, 3.8) is 0 Å². The predicted octanol–water partition coefficient (Wildman–Crippen LogP) is 1.08. The Morgan fingerprint density at radius 1 is 1.56 bits per heavy atom. The maximum atomic E-state index is 11.7. The second-order valence-corrected chi connectivity index (χ2v) is 4.12. The van der Waals surface area contributed by atoms with Crippen molar-refractivity contribution in [2.45, 2.75) is 31.7 Å². The van der Waals surface area contributed by atoms with Gasteiger partial charge in [-0.05, 0) is 31.5 Å². The second kappa shape index (κ2) is 5.70. The summed E-state index contributed by atoms with van der Waals surface area (Å²) in [6.45, 7) is 1.60. The molecule has 0 saturated carbocycles. The lowest BCUT2D eigenvalue weighted by Crippen LogP contribution is -2.47. The highest BCUT2D eigenvalue weighted by atomic mass is 16.3. The molecule has 0 aromatic carbocycles. The molecule has 4 nitrogen and oxygen atoms in total. The van der Waals surface area contributed by atoms with Gasteiger partial charge in [-0.2, -0.15) is 0 Å². The normalized spacial score (nSPS) is 20.6. The lowest BCUT2D eigenvalue weighted by Gasteiger charge is -2.22. The molecule has 2 heterocycles. The van der Waals surface area contributed by atoms with Crippen molar-refractivity contribution in [3.05, 3.63) is 24.2 Å². The van der Waals surface area contributed by atoms with E-state index in [2.05, 4.69) is 10.6 Å². The first kappa shape index (κ1) is 11.2. The molecule has 2 N–H and O–H groups in total. The van der Waals surface area contributed by atoms with Gasteiger partial charge in [-0.15, -0.1) is 0 Å². The van der Waals surface area contributed by atoms with Gasteiger partial charge in [0.1, 0.15) is 5.76 Å². The predicted molar refractivity (Wildman–Crippen MR) is 61.1 cm³/mol. The van der Waals surface area contributed by atoms with Gasteiger partial charge >= 0.3 is 0 Å². The van der Waals surface area contributed by atoms with E-state index in [9.17, 15) is 4.79 Å². The van der Waals surface area contributed by atoms with E-state index in [1.807, 2.05) is 12.1 Å². The van der Waals surface area contributed by atoms with E-state index in [1.165, 1.54) is 6.42 Å². The molecule has 0 radical (unpaired) electrons. The Balaban J connectivity index is 1.67. The topological polar surface area (TPSA) is 54.3 Å². The SMILES string of the molecule is O=C(NCCc1ccco1)C1CCCCN1. The molecule has 1 aromatic rings. The van der Waals surface area contributed by atoms with Crippen LogP contribution in [-0.4, -0.2) is 25.0 Å². The fraction of sp³-hybridized carbons (Fsp3) is 0.583. The molecule has 16 heavy (non-hydrogen) atoms. The minimum Gasteiger partial charge on any atom is -0.469 e. The molecule has 1 aromatic heterocycles. The molecule has 1 aliphatic heterocycles. The third kappa shape index (κ3) is 3.10. The van der Waals surface area contributed by atoms with Crippen molar-refractivity contribution in [1.29, 1.82) is 0 Å². The summed E-state index contributed by atoms with van der Waals surface area (Å²) in [6, 6.07) is 3.79. The second-order valence-electron chi connectivity index (χ2n) is 4.12. The van der Waals surface area contributed by atoms with Gasteiger partial charge in [0.25, 0.3) is 0 Å². The molecule has 1 fully saturated rings. The molecule has 0 bridgehead atoms. The standard InChI is InChI=1S/C12H18N2O2/c15-12(11-5-1-2-7-13-11)14-8-6-10-4-3-9-16-10/h3-4,9,11,13H,1-2,5-8H2,(H,14,15). The van der Waals surface area contributed by atoms with Crippen LogP contribution in [0.3, 0.4) is 0 Å². The smallest absolute Gasteiger partial charge is 0.237 e. The van der Waals surface area contributed by atoms with Crippen LogP contribution in [0.1, 0.15) is 25.0 Å². The van der Waals surface area contributed by atoms with Gasteiger partial charge in [0.2, 0.25) is 5.91 Å². The first-order valence-electron chi connectivity index (χ1n) is 5.90. The molecule has 1 unspecified atom stereocenters. The van der Waals surface area contributed by atoms with Crippen LogP contribution < -0.4 is 10.6 Å². The van der Waals surface area contributed by atoms with Gasteiger partial charge in [0, 0.05) is 13.0 Å². The molecule has 1 amide bonds. The van der Waals surface area contributed by atoms with E-state index in [0.29, 0.717) is 6.54 Å². The summed E-state index contributed by atoms with van der Waals surface area (Å²) in [7, 11) is 0. The van der Waals surface area contributed by atoms with Crippen LogP contribution >= 0.6 is 0 Å². The van der Waals surface area contributed by atoms with Gasteiger partial charge in [-0.3, -0.25) is 4.79 Å². The van der Waals surface area contributed by atoms with Crippen molar-refractivity contribution in [3.8, 4) is 0 Å². The zero-order valence-electron chi connectivity index (χ0n) is 9.37. The van der Waals surface area contributed by atoms with Crippen molar-refractivity contribution in [1.82, 2.24) is 10.6 Å². The zero-order chi connectivity index (χ0) is 11.2. The number of nitrogens with one attached hydrogen (secondary N) is 2. The van der Waals surface area contributed by atoms with Gasteiger partial charge in [-0.25, -0.2) is 0 Å². The molecule has 0 spiro atoms. The fourth-order valence-corrected chi connectivity index (χ4v) is 1.96. The molecular weight excluding hydrogens is 204 g/mol. The summed E-state index contributed by atoms with van der Waals surface area (Å²) in [6.07, 6.45) is 5.68. The Labute approximate surface area is 95.4 Å². The van der Waals surface area contributed by atoms with E-state index in [-0.39, 0.29) is 11.9 Å². The van der Waals surface area contributed by atoms with Crippen LogP contribution in [0.4, 0.5) is 0 Å². The number of amides is 1. The maximum absolute atomic E-state index is 11.7. The molecule has 0 aliphatic carbocycles. The molecule has 2 rings (SSSR count). The van der Waals surface area contributed by atoms with Crippen LogP contribution in [0.15, 0.2) is 22.8 Å². The van der Waals surface area contributed by atoms with E-state index >= 15 is 0 Å². The van der Waals surface area contributed by atoms with Crippen LogP contribution in [0.5, 0.6) is 0 Å². The number of furan rings is 1. The van der Waals surface area contributed by atoms with Crippen molar-refractivity contribution < 1.29 is 9.21 Å². The van der Waals surface area contributed by atoms with E-state index in [4.69, 9.17) is 4.42 Å². The monoisotopic (exact) mass is 222 g/mol. The van der Waals surface area contributed by atoms with E-state index in [0.717, 1.165) is 31.6 Å². The van der Waals surface area contributed by atoms with Crippen LogP contribution in [-0.2, 0) is 11.2 Å². The Kier molecular flexibility index (Phi) is 3.99. The molecule has 1 atom stereocenters. The summed E-state index contributed by atoms with van der Waals surface area (Å²) in [5, 5.41) is 6.16. The first-order valence-corrected chi connectivity index (χ1v) is 5.90. The lowest BCUT2D eigenvalue weighted by atomic mass is 10.0. The lowest BCUT2D eigenvalue weighted by molar-refractivity contribution is -0.123. The Hall–Kier alpha value is -1.29. The number of rotatable bonds is 4. The van der Waals surface area contributed by atoms with Gasteiger partial charge in [0.15, 0.2) is 0 Å². The molecular formula is C12H18N2O2. The number of piperidine rings is 1. The first-order chi connectivity index (χ1) is 7.86. The maximum Gasteiger partial charge on any atom is 0.237 e. The van der Waals surface area contributed by atoms with Crippen molar-refractivity contribution >= 4 is 5.91 Å². The Morgan fingerprint density at radius 2 is 2.50 bits per heavy atom. The van der Waals surface area contributed by atoms with Crippen LogP contribution in [0.2, 0.25) is 0 Å².